The maximum Gasteiger partial charge on any atom is 0.425 e. The summed E-state index contributed by atoms with van der Waals surface area (Å²) in [5, 5.41) is 0. The fourth-order valence-corrected chi connectivity index (χ4v) is 1.96. The van der Waals surface area contributed by atoms with Crippen LogP contribution in [0, 0.1) is 0 Å². The Labute approximate surface area is 130 Å². The molecule has 0 rings (SSSR count). The van der Waals surface area contributed by atoms with Gasteiger partial charge in [0.1, 0.15) is 6.79 Å². The quantitative estimate of drug-likeness (QED) is 0.306. The molecule has 0 heterocycles. The van der Waals surface area contributed by atoms with Crippen LogP contribution in [0.1, 0.15) is 58.8 Å². The van der Waals surface area contributed by atoms with Crippen LogP contribution in [0.15, 0.2) is 0 Å². The zero-order chi connectivity index (χ0) is 17.0. The second-order valence-corrected chi connectivity index (χ2v) is 5.30. The summed E-state index contributed by atoms with van der Waals surface area (Å²) in [4.78, 5) is 11.6. The minimum Gasteiger partial charge on any atom is -0.460 e. The number of esters is 1. The van der Waals surface area contributed by atoms with Crippen LogP contribution in [-0.2, 0) is 19.0 Å². The molecule has 0 aromatic heterocycles. The Kier molecular flexibility index (Phi) is 11.3. The summed E-state index contributed by atoms with van der Waals surface area (Å²) in [7, 11) is 1.18. The van der Waals surface area contributed by atoms with Crippen LogP contribution in [0.5, 0.6) is 0 Å². The molecule has 22 heavy (non-hydrogen) atoms. The Hall–Kier alpha value is -0.820. The van der Waals surface area contributed by atoms with E-state index in [0.717, 1.165) is 32.1 Å². The molecule has 0 saturated carbocycles. The predicted octanol–water partition coefficient (Wildman–Crippen LogP) is 4.22. The summed E-state index contributed by atoms with van der Waals surface area (Å²) in [5.74, 6) is -1.41. The van der Waals surface area contributed by atoms with Gasteiger partial charge in [0.05, 0.1) is 6.10 Å². The summed E-state index contributed by atoms with van der Waals surface area (Å²) in [6, 6.07) is 0. The molecule has 132 valence electrons. The summed E-state index contributed by atoms with van der Waals surface area (Å²) in [6.45, 7) is 3.10. The molecule has 4 nitrogen and oxygen atoms in total. The highest BCUT2D eigenvalue weighted by Crippen LogP contribution is 2.25. The lowest BCUT2D eigenvalue weighted by atomic mass is 10.1. The SMILES string of the molecule is CCCCCCCCC(C)OC(=O)[C@H](OCOC)C(F)(F)F. The predicted molar refractivity (Wildman–Crippen MR) is 76.4 cm³/mol. The fourth-order valence-electron chi connectivity index (χ4n) is 1.96. The van der Waals surface area contributed by atoms with Crippen LogP contribution in [0.3, 0.4) is 0 Å². The van der Waals surface area contributed by atoms with Crippen molar-refractivity contribution < 1.29 is 32.2 Å². The molecule has 0 saturated heterocycles. The van der Waals surface area contributed by atoms with Gasteiger partial charge >= 0.3 is 12.1 Å². The maximum absolute atomic E-state index is 12.7. The number of rotatable bonds is 12. The molecular formula is C15H27F3O4. The van der Waals surface area contributed by atoms with Crippen LogP contribution in [0.25, 0.3) is 0 Å². The van der Waals surface area contributed by atoms with Crippen molar-refractivity contribution in [3.63, 3.8) is 0 Å². The van der Waals surface area contributed by atoms with E-state index in [-0.39, 0.29) is 0 Å². The van der Waals surface area contributed by atoms with Crippen molar-refractivity contribution in [2.24, 2.45) is 0 Å². The van der Waals surface area contributed by atoms with Gasteiger partial charge in [0.15, 0.2) is 0 Å². The lowest BCUT2D eigenvalue weighted by Crippen LogP contribution is -2.41. The average Bonchev–Trinajstić information content (AvgIpc) is 2.41. The molecule has 0 aliphatic carbocycles. The van der Waals surface area contributed by atoms with Crippen LogP contribution < -0.4 is 0 Å². The van der Waals surface area contributed by atoms with Crippen LogP contribution in [0.4, 0.5) is 13.2 Å². The highest BCUT2D eigenvalue weighted by Gasteiger charge is 2.47. The van der Waals surface area contributed by atoms with Crippen LogP contribution >= 0.6 is 0 Å². The molecule has 0 spiro atoms. The van der Waals surface area contributed by atoms with Crippen molar-refractivity contribution in [3.05, 3.63) is 0 Å². The Morgan fingerprint density at radius 2 is 1.68 bits per heavy atom. The van der Waals surface area contributed by atoms with Gasteiger partial charge in [-0.25, -0.2) is 4.79 Å². The Morgan fingerprint density at radius 1 is 1.09 bits per heavy atom. The highest BCUT2D eigenvalue weighted by atomic mass is 19.4. The maximum atomic E-state index is 12.7. The smallest absolute Gasteiger partial charge is 0.425 e. The molecule has 0 aromatic rings. The average molecular weight is 328 g/mol. The third-order valence-electron chi connectivity index (χ3n) is 3.15. The summed E-state index contributed by atoms with van der Waals surface area (Å²) >= 11 is 0. The van der Waals surface area contributed by atoms with E-state index in [0.29, 0.717) is 6.42 Å². The fraction of sp³-hybridized carbons (Fsp3) is 0.933. The first-order valence-electron chi connectivity index (χ1n) is 7.70. The zero-order valence-electron chi connectivity index (χ0n) is 13.6. The summed E-state index contributed by atoms with van der Waals surface area (Å²) < 4.78 is 51.7. The summed E-state index contributed by atoms with van der Waals surface area (Å²) in [5.41, 5.74) is 0. The third kappa shape index (κ3) is 10.00. The van der Waals surface area contributed by atoms with E-state index in [1.807, 2.05) is 0 Å². The van der Waals surface area contributed by atoms with Crippen molar-refractivity contribution in [3.8, 4) is 0 Å². The molecule has 2 atom stereocenters. The first-order valence-corrected chi connectivity index (χ1v) is 7.70. The number of carbonyl (C=O) groups is 1. The van der Waals surface area contributed by atoms with E-state index < -0.39 is 31.1 Å². The standard InChI is InChI=1S/C15H27F3O4/c1-4-5-6-7-8-9-10-12(2)22-14(19)13(15(16,17)18)21-11-20-3/h12-13H,4-11H2,1-3H3/t12?,13-/m0/s1. The van der Waals surface area contributed by atoms with Gasteiger partial charge < -0.3 is 14.2 Å². The highest BCUT2D eigenvalue weighted by molar-refractivity contribution is 5.75. The normalized spacial score (nSPS) is 14.6. The molecule has 0 aliphatic heterocycles. The second kappa shape index (κ2) is 11.7. The number of hydrogen-bond donors (Lipinski definition) is 0. The van der Waals surface area contributed by atoms with Gasteiger partial charge in [0.25, 0.3) is 6.10 Å². The molecule has 0 radical (unpaired) electrons. The van der Waals surface area contributed by atoms with Crippen molar-refractivity contribution >= 4 is 5.97 Å². The molecule has 0 aliphatic rings. The van der Waals surface area contributed by atoms with Gasteiger partial charge in [0, 0.05) is 7.11 Å². The van der Waals surface area contributed by atoms with Crippen molar-refractivity contribution in [2.45, 2.75) is 77.2 Å². The minimum atomic E-state index is -4.81. The van der Waals surface area contributed by atoms with Gasteiger partial charge in [-0.2, -0.15) is 13.2 Å². The van der Waals surface area contributed by atoms with Gasteiger partial charge in [-0.15, -0.1) is 0 Å². The van der Waals surface area contributed by atoms with E-state index >= 15 is 0 Å². The third-order valence-corrected chi connectivity index (χ3v) is 3.15. The van der Waals surface area contributed by atoms with Crippen molar-refractivity contribution in [2.75, 3.05) is 13.9 Å². The number of ether oxygens (including phenoxy) is 3. The second-order valence-electron chi connectivity index (χ2n) is 5.30. The van der Waals surface area contributed by atoms with Crippen LogP contribution in [-0.4, -0.2) is 38.3 Å². The molecule has 7 heteroatoms. The number of alkyl halides is 3. The number of hydrogen-bond acceptors (Lipinski definition) is 4. The van der Waals surface area contributed by atoms with E-state index in [1.165, 1.54) is 13.5 Å². The Balaban J connectivity index is 4.08. The zero-order valence-corrected chi connectivity index (χ0v) is 13.6. The number of unbranched alkanes of at least 4 members (excludes halogenated alkanes) is 5. The molecular weight excluding hydrogens is 301 g/mol. The number of carbonyl (C=O) groups excluding carboxylic acids is 1. The topological polar surface area (TPSA) is 44.8 Å². The number of methoxy groups -OCH3 is 1. The van der Waals surface area contributed by atoms with E-state index in [4.69, 9.17) is 4.74 Å². The van der Waals surface area contributed by atoms with Gasteiger partial charge in [-0.05, 0) is 19.8 Å². The van der Waals surface area contributed by atoms with E-state index in [9.17, 15) is 18.0 Å². The first-order chi connectivity index (χ1) is 10.3. The van der Waals surface area contributed by atoms with Crippen LogP contribution in [0.2, 0.25) is 0 Å². The lowest BCUT2D eigenvalue weighted by Gasteiger charge is -2.21. The van der Waals surface area contributed by atoms with Gasteiger partial charge in [-0.1, -0.05) is 39.0 Å². The Bertz CT molecular complexity index is 295. The number of halogens is 3. The largest absolute Gasteiger partial charge is 0.460 e. The van der Waals surface area contributed by atoms with Crippen molar-refractivity contribution in [1.29, 1.82) is 0 Å². The Morgan fingerprint density at radius 3 is 2.23 bits per heavy atom. The molecule has 1 unspecified atom stereocenters. The first kappa shape index (κ1) is 21.2. The monoisotopic (exact) mass is 328 g/mol. The molecule has 0 aromatic carbocycles. The van der Waals surface area contributed by atoms with Crippen molar-refractivity contribution in [1.82, 2.24) is 0 Å². The van der Waals surface area contributed by atoms with Gasteiger partial charge in [0.2, 0.25) is 0 Å². The molecule has 0 fully saturated rings. The molecule has 0 bridgehead atoms. The van der Waals surface area contributed by atoms with E-state index in [1.54, 1.807) is 6.92 Å². The molecule has 0 N–H and O–H groups in total. The molecule has 0 amide bonds. The minimum absolute atomic E-state index is 0.548. The summed E-state index contributed by atoms with van der Waals surface area (Å²) in [6.07, 6.45) is -0.999. The van der Waals surface area contributed by atoms with Gasteiger partial charge in [-0.3, -0.25) is 0 Å². The van der Waals surface area contributed by atoms with E-state index in [2.05, 4.69) is 16.4 Å². The lowest BCUT2D eigenvalue weighted by molar-refractivity contribution is -0.247.